The third-order valence-corrected chi connectivity index (χ3v) is 0.118. The van der Waals surface area contributed by atoms with Gasteiger partial charge in [0.05, 0.1) is 6.29 Å². The van der Waals surface area contributed by atoms with Crippen LogP contribution in [0.15, 0.2) is 0 Å². The summed E-state index contributed by atoms with van der Waals surface area (Å²) in [5.74, 6) is 0. The van der Waals surface area contributed by atoms with E-state index in [0.717, 1.165) is 6.29 Å². The zero-order chi connectivity index (χ0) is 3.41. The van der Waals surface area contributed by atoms with Crippen LogP contribution >= 0.6 is 0 Å². The van der Waals surface area contributed by atoms with Crippen molar-refractivity contribution in [3.63, 3.8) is 0 Å². The normalized spacial score (nSPS) is 4.17. The molecule has 0 amide bonds. The molecular formula is C4H8MgO. The average Bonchev–Trinajstić information content (AvgIpc) is 1.37. The predicted molar refractivity (Wildman–Crippen MR) is 28.2 cm³/mol. The summed E-state index contributed by atoms with van der Waals surface area (Å²) in [6.07, 6.45) is 1.15. The van der Waals surface area contributed by atoms with Gasteiger partial charge in [-0.3, -0.25) is 0 Å². The summed E-state index contributed by atoms with van der Waals surface area (Å²) in [5, 5.41) is 0. The van der Waals surface area contributed by atoms with Crippen LogP contribution in [0.5, 0.6) is 0 Å². The number of hydrogen-bond acceptors (Lipinski definition) is 1. The Bertz CT molecular complexity index is 21.5. The molecule has 2 heteroatoms. The second kappa shape index (κ2) is 18.0. The van der Waals surface area contributed by atoms with E-state index < -0.39 is 0 Å². The number of carbonyl (C=O) groups is 1. The van der Waals surface area contributed by atoms with Crippen LogP contribution < -0.4 is 0 Å². The van der Waals surface area contributed by atoms with E-state index >= 15 is 0 Å². The van der Waals surface area contributed by atoms with E-state index in [0.29, 0.717) is 6.42 Å². The molecule has 0 aliphatic carbocycles. The van der Waals surface area contributed by atoms with Gasteiger partial charge in [-0.1, -0.05) is 0 Å². The molecule has 0 aromatic carbocycles. The van der Waals surface area contributed by atoms with Gasteiger partial charge in [0.1, 0.15) is 0 Å². The summed E-state index contributed by atoms with van der Waals surface area (Å²) in [6, 6.07) is 0. The standard InChI is InChI=1S/C3H5O.CH3.Mg/c1-2-3-4;;/h3H,1-2H2;1H3;/q2*-1;+2. The first-order valence-corrected chi connectivity index (χ1v) is 1.14. The molecule has 0 saturated carbocycles. The van der Waals surface area contributed by atoms with Crippen molar-refractivity contribution >= 4 is 29.3 Å². The maximum absolute atomic E-state index is 9.11. The molecule has 0 N–H and O–H groups in total. The maximum Gasteiger partial charge on any atom is 2.00 e. The molecule has 0 fully saturated rings. The number of rotatable bonds is 1. The first-order valence-electron chi connectivity index (χ1n) is 1.14. The van der Waals surface area contributed by atoms with Gasteiger partial charge in [0.15, 0.2) is 0 Å². The molecule has 0 aliphatic heterocycles. The van der Waals surface area contributed by atoms with Gasteiger partial charge in [-0.25, -0.2) is 0 Å². The van der Waals surface area contributed by atoms with Crippen LogP contribution in [0.3, 0.4) is 0 Å². The summed E-state index contributed by atoms with van der Waals surface area (Å²) < 4.78 is 0. The second-order valence-corrected chi connectivity index (χ2v) is 0.455. The smallest absolute Gasteiger partial charge is 0.358 e. The van der Waals surface area contributed by atoms with E-state index in [1.54, 1.807) is 0 Å². The molecule has 32 valence electrons. The fraction of sp³-hybridized carbons (Fsp3) is 0.250. The van der Waals surface area contributed by atoms with Crippen molar-refractivity contribution in [3.05, 3.63) is 14.4 Å². The molecule has 0 atom stereocenters. The zero-order valence-electron chi connectivity index (χ0n) is 4.11. The van der Waals surface area contributed by atoms with Crippen LogP contribution in [0.25, 0.3) is 0 Å². The minimum absolute atomic E-state index is 0. The van der Waals surface area contributed by atoms with Crippen molar-refractivity contribution in [3.8, 4) is 0 Å². The Morgan fingerprint density at radius 1 is 1.67 bits per heavy atom. The van der Waals surface area contributed by atoms with Crippen LogP contribution in [0.1, 0.15) is 6.42 Å². The van der Waals surface area contributed by atoms with E-state index in [1.165, 1.54) is 0 Å². The van der Waals surface area contributed by atoms with Crippen molar-refractivity contribution in [1.29, 1.82) is 0 Å². The molecule has 0 heterocycles. The summed E-state index contributed by atoms with van der Waals surface area (Å²) in [7, 11) is 0. The van der Waals surface area contributed by atoms with E-state index in [1.807, 2.05) is 0 Å². The van der Waals surface area contributed by atoms with Crippen molar-refractivity contribution in [2.75, 3.05) is 0 Å². The zero-order valence-corrected chi connectivity index (χ0v) is 5.52. The van der Waals surface area contributed by atoms with Crippen LogP contribution in [0, 0.1) is 14.4 Å². The van der Waals surface area contributed by atoms with Crippen molar-refractivity contribution in [2.45, 2.75) is 6.42 Å². The Morgan fingerprint density at radius 3 is 1.83 bits per heavy atom. The molecule has 0 rings (SSSR count). The molecular weight excluding hydrogens is 88.3 g/mol. The Kier molecular flexibility index (Phi) is 48.4. The molecule has 0 aromatic heterocycles. The van der Waals surface area contributed by atoms with Gasteiger partial charge < -0.3 is 19.1 Å². The number of hydrogen-bond donors (Lipinski definition) is 0. The average molecular weight is 96.4 g/mol. The molecule has 1 nitrogen and oxygen atoms in total. The molecule has 6 heavy (non-hydrogen) atoms. The summed E-state index contributed by atoms with van der Waals surface area (Å²) in [5.41, 5.74) is 0. The van der Waals surface area contributed by atoms with Gasteiger partial charge in [-0.15, -0.1) is 6.42 Å². The maximum atomic E-state index is 9.11. The molecule has 0 unspecified atom stereocenters. The summed E-state index contributed by atoms with van der Waals surface area (Å²) >= 11 is 0. The quantitative estimate of drug-likeness (QED) is 0.264. The van der Waals surface area contributed by atoms with E-state index in [2.05, 4.69) is 6.92 Å². The molecule has 0 saturated heterocycles. The van der Waals surface area contributed by atoms with E-state index in [4.69, 9.17) is 4.79 Å². The molecule has 0 aliphatic rings. The van der Waals surface area contributed by atoms with Gasteiger partial charge in [0.2, 0.25) is 0 Å². The van der Waals surface area contributed by atoms with Crippen molar-refractivity contribution < 1.29 is 4.79 Å². The minimum atomic E-state index is 0. The SMILES string of the molecule is [CH2-]CC=O.[CH3-].[Mg+2]. The Morgan fingerprint density at radius 2 is 1.83 bits per heavy atom. The third-order valence-electron chi connectivity index (χ3n) is 0.118. The van der Waals surface area contributed by atoms with Crippen molar-refractivity contribution in [1.82, 2.24) is 0 Å². The Balaban J connectivity index is -0.0000000450. The van der Waals surface area contributed by atoms with Crippen LogP contribution in [0.4, 0.5) is 0 Å². The largest absolute Gasteiger partial charge is 2.00 e. The van der Waals surface area contributed by atoms with Gasteiger partial charge in [0.25, 0.3) is 0 Å². The Hall–Kier alpha value is 0.436. The van der Waals surface area contributed by atoms with Crippen LogP contribution in [0.2, 0.25) is 0 Å². The molecule has 0 radical (unpaired) electrons. The fourth-order valence-electron chi connectivity index (χ4n) is 0. The monoisotopic (exact) mass is 96.0 g/mol. The first-order chi connectivity index (χ1) is 1.91. The van der Waals surface area contributed by atoms with Gasteiger partial charge in [-0.2, -0.15) is 0 Å². The summed E-state index contributed by atoms with van der Waals surface area (Å²) in [4.78, 5) is 9.11. The predicted octanol–water partition coefficient (Wildman–Crippen LogP) is 0.479. The van der Waals surface area contributed by atoms with Gasteiger partial charge in [0, 0.05) is 0 Å². The van der Waals surface area contributed by atoms with Gasteiger partial charge in [-0.05, 0) is 0 Å². The van der Waals surface area contributed by atoms with E-state index in [-0.39, 0.29) is 30.5 Å². The van der Waals surface area contributed by atoms with Gasteiger partial charge >= 0.3 is 23.1 Å². The Labute approximate surface area is 55.3 Å². The molecule has 0 aromatic rings. The summed E-state index contributed by atoms with van der Waals surface area (Å²) in [6.45, 7) is 3.24. The minimum Gasteiger partial charge on any atom is -0.358 e. The topological polar surface area (TPSA) is 17.1 Å². The van der Waals surface area contributed by atoms with E-state index in [9.17, 15) is 0 Å². The third kappa shape index (κ3) is 25.4. The van der Waals surface area contributed by atoms with Crippen molar-refractivity contribution in [2.24, 2.45) is 0 Å². The van der Waals surface area contributed by atoms with Crippen LogP contribution in [-0.2, 0) is 4.79 Å². The second-order valence-electron chi connectivity index (χ2n) is 0.455. The first kappa shape index (κ1) is 16.1. The number of aldehydes is 1. The molecule has 0 spiro atoms. The van der Waals surface area contributed by atoms with Crippen LogP contribution in [-0.4, -0.2) is 29.3 Å². The number of carbonyl (C=O) groups excluding carboxylic acids is 1. The fourth-order valence-corrected chi connectivity index (χ4v) is 0. The molecule has 0 bridgehead atoms.